The molecule has 17 heavy (non-hydrogen) atoms. The predicted octanol–water partition coefficient (Wildman–Crippen LogP) is 3.18. The van der Waals surface area contributed by atoms with Crippen LogP contribution in [-0.4, -0.2) is 24.1 Å². The number of aromatic amines is 1. The quantitative estimate of drug-likeness (QED) is 0.825. The molecule has 2 aromatic rings. The van der Waals surface area contributed by atoms with E-state index in [1.54, 1.807) is 0 Å². The summed E-state index contributed by atoms with van der Waals surface area (Å²) >= 11 is 5.08. The van der Waals surface area contributed by atoms with Crippen LogP contribution in [-0.2, 0) is 0 Å². The van der Waals surface area contributed by atoms with Gasteiger partial charge in [-0.3, -0.25) is 0 Å². The van der Waals surface area contributed by atoms with Gasteiger partial charge in [-0.15, -0.1) is 0 Å². The van der Waals surface area contributed by atoms with Gasteiger partial charge in [0, 0.05) is 31.0 Å². The number of benzene rings is 1. The van der Waals surface area contributed by atoms with Crippen molar-refractivity contribution in [3.8, 4) is 11.3 Å². The van der Waals surface area contributed by atoms with Gasteiger partial charge in [-0.2, -0.15) is 0 Å². The summed E-state index contributed by atoms with van der Waals surface area (Å²) in [6.45, 7) is 1.98. The van der Waals surface area contributed by atoms with E-state index >= 15 is 0 Å². The highest BCUT2D eigenvalue weighted by Crippen LogP contribution is 2.20. The summed E-state index contributed by atoms with van der Waals surface area (Å²) in [7, 11) is 4.05. The molecule has 2 rings (SSSR count). The molecule has 0 fully saturated rings. The first-order chi connectivity index (χ1) is 8.06. The van der Waals surface area contributed by atoms with Gasteiger partial charge in [-0.1, -0.05) is 12.1 Å². The molecule has 0 aliphatic heterocycles. The molecule has 0 aliphatic carbocycles. The molecule has 4 heteroatoms. The average molecular weight is 245 g/mol. The predicted molar refractivity (Wildman–Crippen MR) is 73.9 cm³/mol. The number of rotatable bonds is 2. The lowest BCUT2D eigenvalue weighted by Gasteiger charge is -2.12. The number of hydrogen-bond acceptors (Lipinski definition) is 3. The van der Waals surface area contributed by atoms with E-state index in [9.17, 15) is 0 Å². The van der Waals surface area contributed by atoms with Crippen molar-refractivity contribution in [3.63, 3.8) is 0 Å². The molecule has 0 bridgehead atoms. The number of nitrogens with zero attached hydrogens (tertiary/aromatic N) is 2. The van der Waals surface area contributed by atoms with Crippen LogP contribution in [0, 0.1) is 11.7 Å². The second kappa shape index (κ2) is 4.67. The minimum atomic E-state index is 0.525. The summed E-state index contributed by atoms with van der Waals surface area (Å²) < 4.78 is 0.525. The third-order valence-corrected chi connectivity index (χ3v) is 2.75. The molecular weight excluding hydrogens is 230 g/mol. The van der Waals surface area contributed by atoms with Crippen LogP contribution in [0.2, 0.25) is 0 Å². The molecule has 1 heterocycles. The van der Waals surface area contributed by atoms with Gasteiger partial charge in [-0.25, -0.2) is 4.98 Å². The van der Waals surface area contributed by atoms with E-state index in [-0.39, 0.29) is 0 Å². The molecule has 0 atom stereocenters. The molecule has 0 unspecified atom stereocenters. The molecule has 3 nitrogen and oxygen atoms in total. The third kappa shape index (κ3) is 2.71. The van der Waals surface area contributed by atoms with Crippen molar-refractivity contribution in [2.75, 3.05) is 19.0 Å². The Balaban J connectivity index is 2.43. The maximum atomic E-state index is 5.08. The molecule has 0 amide bonds. The van der Waals surface area contributed by atoms with Gasteiger partial charge < -0.3 is 9.88 Å². The van der Waals surface area contributed by atoms with Gasteiger partial charge in [0.25, 0.3) is 0 Å². The first-order valence-electron chi connectivity index (χ1n) is 5.42. The van der Waals surface area contributed by atoms with Gasteiger partial charge in [0.15, 0.2) is 4.77 Å². The summed E-state index contributed by atoms with van der Waals surface area (Å²) in [6.07, 6.45) is 0. The summed E-state index contributed by atoms with van der Waals surface area (Å²) in [6, 6.07) is 10.3. The fourth-order valence-electron chi connectivity index (χ4n) is 1.66. The van der Waals surface area contributed by atoms with Crippen LogP contribution in [0.15, 0.2) is 30.3 Å². The van der Waals surface area contributed by atoms with Gasteiger partial charge >= 0.3 is 0 Å². The van der Waals surface area contributed by atoms with Crippen molar-refractivity contribution in [2.24, 2.45) is 0 Å². The SMILES string of the molecule is Cc1cc(-c2ccc(N(C)C)cc2)nc(=S)[nH]1. The van der Waals surface area contributed by atoms with Crippen LogP contribution in [0.1, 0.15) is 5.69 Å². The van der Waals surface area contributed by atoms with Crippen LogP contribution in [0.5, 0.6) is 0 Å². The molecular formula is C13H15N3S. The zero-order chi connectivity index (χ0) is 12.4. The molecule has 1 aromatic heterocycles. The average Bonchev–Trinajstić information content (AvgIpc) is 2.28. The Hall–Kier alpha value is -1.68. The lowest BCUT2D eigenvalue weighted by Crippen LogP contribution is -2.07. The van der Waals surface area contributed by atoms with Crippen molar-refractivity contribution in [3.05, 3.63) is 40.8 Å². The fraction of sp³-hybridized carbons (Fsp3) is 0.231. The molecule has 1 N–H and O–H groups in total. The number of nitrogens with one attached hydrogen (secondary N) is 1. The van der Waals surface area contributed by atoms with Crippen molar-refractivity contribution in [2.45, 2.75) is 6.92 Å². The highest BCUT2D eigenvalue weighted by atomic mass is 32.1. The van der Waals surface area contributed by atoms with Crippen molar-refractivity contribution >= 4 is 17.9 Å². The topological polar surface area (TPSA) is 31.9 Å². The van der Waals surface area contributed by atoms with Crippen LogP contribution < -0.4 is 4.90 Å². The van der Waals surface area contributed by atoms with Crippen molar-refractivity contribution < 1.29 is 0 Å². The largest absolute Gasteiger partial charge is 0.378 e. The number of H-pyrrole nitrogens is 1. The normalized spacial score (nSPS) is 10.3. The van der Waals surface area contributed by atoms with Crippen LogP contribution in [0.4, 0.5) is 5.69 Å². The van der Waals surface area contributed by atoms with Gasteiger partial charge in [0.1, 0.15) is 0 Å². The number of hydrogen-bond donors (Lipinski definition) is 1. The van der Waals surface area contributed by atoms with E-state index < -0.39 is 0 Å². The third-order valence-electron chi connectivity index (χ3n) is 2.56. The highest BCUT2D eigenvalue weighted by molar-refractivity contribution is 7.71. The Morgan fingerprint density at radius 1 is 1.18 bits per heavy atom. The lowest BCUT2D eigenvalue weighted by molar-refractivity contribution is 1.08. The van der Waals surface area contributed by atoms with E-state index in [2.05, 4.69) is 39.1 Å². The van der Waals surface area contributed by atoms with E-state index in [4.69, 9.17) is 12.2 Å². The Bertz CT molecular complexity index is 570. The second-order valence-electron chi connectivity index (χ2n) is 4.20. The van der Waals surface area contributed by atoms with E-state index in [0.717, 1.165) is 17.0 Å². The molecule has 0 aliphatic rings. The van der Waals surface area contributed by atoms with Crippen molar-refractivity contribution in [1.82, 2.24) is 9.97 Å². The first-order valence-corrected chi connectivity index (χ1v) is 5.83. The minimum Gasteiger partial charge on any atom is -0.378 e. The molecule has 0 saturated heterocycles. The van der Waals surface area contributed by atoms with E-state index in [0.29, 0.717) is 4.77 Å². The lowest BCUT2D eigenvalue weighted by atomic mass is 10.1. The maximum absolute atomic E-state index is 5.08. The monoisotopic (exact) mass is 245 g/mol. The summed E-state index contributed by atoms with van der Waals surface area (Å²) in [5.74, 6) is 0. The van der Waals surface area contributed by atoms with Crippen LogP contribution >= 0.6 is 12.2 Å². The zero-order valence-electron chi connectivity index (χ0n) is 10.2. The summed E-state index contributed by atoms with van der Waals surface area (Å²) in [5.41, 5.74) is 4.19. The van der Waals surface area contributed by atoms with Gasteiger partial charge in [0.2, 0.25) is 0 Å². The van der Waals surface area contributed by atoms with Gasteiger partial charge in [-0.05, 0) is 37.3 Å². The van der Waals surface area contributed by atoms with Gasteiger partial charge in [0.05, 0.1) is 5.69 Å². The Labute approximate surface area is 106 Å². The van der Waals surface area contributed by atoms with Crippen molar-refractivity contribution in [1.29, 1.82) is 0 Å². The first kappa shape index (κ1) is 11.8. The van der Waals surface area contributed by atoms with E-state index in [1.807, 2.05) is 27.1 Å². The van der Waals surface area contributed by atoms with E-state index in [1.165, 1.54) is 5.69 Å². The number of aromatic nitrogens is 2. The summed E-state index contributed by atoms with van der Waals surface area (Å²) in [5, 5.41) is 0. The molecule has 0 saturated carbocycles. The number of aryl methyl sites for hydroxylation is 1. The molecule has 88 valence electrons. The maximum Gasteiger partial charge on any atom is 0.197 e. The molecule has 1 aromatic carbocycles. The molecule has 0 spiro atoms. The zero-order valence-corrected chi connectivity index (χ0v) is 11.0. The molecule has 0 radical (unpaired) electrons. The number of anilines is 1. The Morgan fingerprint density at radius 2 is 1.82 bits per heavy atom. The smallest absolute Gasteiger partial charge is 0.197 e. The summed E-state index contributed by atoms with van der Waals surface area (Å²) in [4.78, 5) is 9.40. The standard InChI is InChI=1S/C13H15N3S/c1-9-8-12(15-13(17)14-9)10-4-6-11(7-5-10)16(2)3/h4-8H,1-3H3,(H,14,15,17). The minimum absolute atomic E-state index is 0.525. The second-order valence-corrected chi connectivity index (χ2v) is 4.58. The fourth-order valence-corrected chi connectivity index (χ4v) is 1.92. The van der Waals surface area contributed by atoms with Crippen LogP contribution in [0.25, 0.3) is 11.3 Å². The Kier molecular flexibility index (Phi) is 3.24. The van der Waals surface area contributed by atoms with Crippen LogP contribution in [0.3, 0.4) is 0 Å². The highest BCUT2D eigenvalue weighted by Gasteiger charge is 2.01. The Morgan fingerprint density at radius 3 is 2.35 bits per heavy atom.